The van der Waals surface area contributed by atoms with Gasteiger partial charge in [0.05, 0.1) is 17.3 Å². The van der Waals surface area contributed by atoms with Gasteiger partial charge in [0.15, 0.2) is 5.65 Å². The summed E-state index contributed by atoms with van der Waals surface area (Å²) in [5.74, 6) is 1.46. The quantitative estimate of drug-likeness (QED) is 0.622. The van der Waals surface area contributed by atoms with Gasteiger partial charge in [-0.25, -0.2) is 9.78 Å². The Morgan fingerprint density at radius 2 is 2.39 bits per heavy atom. The molecule has 0 saturated carbocycles. The van der Waals surface area contributed by atoms with Crippen LogP contribution in [-0.2, 0) is 7.05 Å². The number of aromatic carboxylic acids is 1. The number of rotatable bonds is 4. The molecule has 18 heavy (non-hydrogen) atoms. The molecular formula is C12H12N4O2. The van der Waals surface area contributed by atoms with Crippen LogP contribution in [0, 0.1) is 12.3 Å². The lowest BCUT2D eigenvalue weighted by molar-refractivity contribution is 0.0697. The maximum absolute atomic E-state index is 11.2. The number of carbonyl (C=O) groups is 1. The molecule has 6 heteroatoms. The number of hydrogen-bond acceptors (Lipinski definition) is 4. The smallest absolute Gasteiger partial charge is 0.339 e. The first kappa shape index (κ1) is 11.9. The van der Waals surface area contributed by atoms with E-state index in [4.69, 9.17) is 11.5 Å². The molecule has 0 aliphatic heterocycles. The zero-order valence-electron chi connectivity index (χ0n) is 9.84. The lowest BCUT2D eigenvalue weighted by atomic mass is 10.2. The third-order valence-electron chi connectivity index (χ3n) is 2.56. The second-order valence-corrected chi connectivity index (χ2v) is 3.74. The van der Waals surface area contributed by atoms with Crippen molar-refractivity contribution in [2.45, 2.75) is 6.42 Å². The first-order valence-corrected chi connectivity index (χ1v) is 5.36. The largest absolute Gasteiger partial charge is 0.478 e. The number of carboxylic acid groups (broad SMARTS) is 1. The van der Waals surface area contributed by atoms with Crippen molar-refractivity contribution < 1.29 is 9.90 Å². The predicted octanol–water partition coefficient (Wildman–Crippen LogP) is 1.10. The van der Waals surface area contributed by atoms with Crippen LogP contribution in [0.1, 0.15) is 16.8 Å². The third kappa shape index (κ3) is 1.98. The van der Waals surface area contributed by atoms with E-state index in [1.807, 2.05) is 0 Å². The fraction of sp³-hybridized carbons (Fsp3) is 0.250. The van der Waals surface area contributed by atoms with Crippen LogP contribution in [0.4, 0.5) is 5.69 Å². The summed E-state index contributed by atoms with van der Waals surface area (Å²) >= 11 is 0. The van der Waals surface area contributed by atoms with Gasteiger partial charge in [-0.3, -0.25) is 4.68 Å². The number of anilines is 1. The summed E-state index contributed by atoms with van der Waals surface area (Å²) < 4.78 is 1.59. The van der Waals surface area contributed by atoms with Gasteiger partial charge in [-0.05, 0) is 0 Å². The standard InChI is InChI=1S/C12H12N4O2/c1-3-4-5-13-10-8-7-15-16(2)11(8)14-6-9(10)12(17)18/h1,6-7H,4-5H2,2H3,(H,13,14)(H,17,18). The molecule has 0 aliphatic rings. The summed E-state index contributed by atoms with van der Waals surface area (Å²) in [4.78, 5) is 15.2. The number of aromatic nitrogens is 3. The van der Waals surface area contributed by atoms with Gasteiger partial charge in [-0.1, -0.05) is 0 Å². The summed E-state index contributed by atoms with van der Waals surface area (Å²) in [5, 5.41) is 16.9. The highest BCUT2D eigenvalue weighted by Crippen LogP contribution is 2.25. The Morgan fingerprint density at radius 1 is 1.61 bits per heavy atom. The number of terminal acetylenes is 1. The second kappa shape index (κ2) is 4.75. The molecule has 2 N–H and O–H groups in total. The number of pyridine rings is 1. The van der Waals surface area contributed by atoms with Crippen molar-refractivity contribution in [2.75, 3.05) is 11.9 Å². The molecule has 2 aromatic rings. The monoisotopic (exact) mass is 244 g/mol. The molecule has 2 heterocycles. The van der Waals surface area contributed by atoms with Gasteiger partial charge in [0.25, 0.3) is 0 Å². The van der Waals surface area contributed by atoms with Gasteiger partial charge in [-0.2, -0.15) is 5.10 Å². The molecule has 0 atom stereocenters. The van der Waals surface area contributed by atoms with Crippen molar-refractivity contribution in [3.8, 4) is 12.3 Å². The summed E-state index contributed by atoms with van der Waals surface area (Å²) in [6.07, 6.45) is 8.60. The Morgan fingerprint density at radius 3 is 3.06 bits per heavy atom. The van der Waals surface area contributed by atoms with E-state index >= 15 is 0 Å². The lowest BCUT2D eigenvalue weighted by Gasteiger charge is -2.09. The zero-order valence-corrected chi connectivity index (χ0v) is 9.84. The topological polar surface area (TPSA) is 80.0 Å². The molecule has 0 fully saturated rings. The van der Waals surface area contributed by atoms with Crippen LogP contribution in [0.25, 0.3) is 11.0 Å². The second-order valence-electron chi connectivity index (χ2n) is 3.74. The van der Waals surface area contributed by atoms with Crippen LogP contribution in [0.15, 0.2) is 12.4 Å². The number of fused-ring (bicyclic) bond motifs is 1. The summed E-state index contributed by atoms with van der Waals surface area (Å²) in [5.41, 5.74) is 1.26. The number of carboxylic acids is 1. The summed E-state index contributed by atoms with van der Waals surface area (Å²) in [6, 6.07) is 0. The fourth-order valence-corrected chi connectivity index (χ4v) is 1.71. The number of nitrogens with zero attached hydrogens (tertiary/aromatic N) is 3. The Kier molecular flexibility index (Phi) is 3.15. The van der Waals surface area contributed by atoms with Crippen LogP contribution in [-0.4, -0.2) is 32.4 Å². The van der Waals surface area contributed by atoms with E-state index in [0.29, 0.717) is 29.7 Å². The van der Waals surface area contributed by atoms with Crippen LogP contribution in [0.2, 0.25) is 0 Å². The molecule has 6 nitrogen and oxygen atoms in total. The van der Waals surface area contributed by atoms with Crippen molar-refractivity contribution in [2.24, 2.45) is 7.05 Å². The molecule has 0 radical (unpaired) electrons. The maximum atomic E-state index is 11.2. The number of nitrogens with one attached hydrogen (secondary N) is 1. The van der Waals surface area contributed by atoms with Gasteiger partial charge in [0.1, 0.15) is 5.56 Å². The Bertz CT molecular complexity index is 639. The minimum absolute atomic E-state index is 0.118. The van der Waals surface area contributed by atoms with Crippen molar-refractivity contribution in [3.05, 3.63) is 18.0 Å². The Labute approximate surface area is 104 Å². The molecule has 92 valence electrons. The van der Waals surface area contributed by atoms with E-state index in [9.17, 15) is 4.79 Å². The molecule has 0 amide bonds. The molecule has 0 bridgehead atoms. The zero-order chi connectivity index (χ0) is 13.1. The normalized spacial score (nSPS) is 10.2. The summed E-state index contributed by atoms with van der Waals surface area (Å²) in [6.45, 7) is 0.505. The molecule has 2 rings (SSSR count). The number of aryl methyl sites for hydroxylation is 1. The average Bonchev–Trinajstić information content (AvgIpc) is 2.72. The third-order valence-corrected chi connectivity index (χ3v) is 2.56. The molecule has 2 aromatic heterocycles. The van der Waals surface area contributed by atoms with Crippen molar-refractivity contribution in [1.82, 2.24) is 14.8 Å². The van der Waals surface area contributed by atoms with Crippen LogP contribution >= 0.6 is 0 Å². The minimum atomic E-state index is -1.03. The van der Waals surface area contributed by atoms with Crippen molar-refractivity contribution in [3.63, 3.8) is 0 Å². The molecular weight excluding hydrogens is 232 g/mol. The van der Waals surface area contributed by atoms with E-state index in [1.165, 1.54) is 6.20 Å². The van der Waals surface area contributed by atoms with Gasteiger partial charge < -0.3 is 10.4 Å². The molecule has 0 aromatic carbocycles. The Hall–Kier alpha value is -2.55. The van der Waals surface area contributed by atoms with Gasteiger partial charge >= 0.3 is 5.97 Å². The highest BCUT2D eigenvalue weighted by Gasteiger charge is 2.16. The molecule has 0 saturated heterocycles. The van der Waals surface area contributed by atoms with E-state index < -0.39 is 5.97 Å². The van der Waals surface area contributed by atoms with Crippen LogP contribution in [0.5, 0.6) is 0 Å². The highest BCUT2D eigenvalue weighted by molar-refractivity contribution is 6.03. The number of hydrogen-bond donors (Lipinski definition) is 2. The minimum Gasteiger partial charge on any atom is -0.478 e. The van der Waals surface area contributed by atoms with E-state index in [0.717, 1.165) is 0 Å². The van der Waals surface area contributed by atoms with E-state index in [-0.39, 0.29) is 5.56 Å². The van der Waals surface area contributed by atoms with E-state index in [2.05, 4.69) is 21.3 Å². The van der Waals surface area contributed by atoms with Crippen LogP contribution < -0.4 is 5.32 Å². The average molecular weight is 244 g/mol. The van der Waals surface area contributed by atoms with Gasteiger partial charge in [0.2, 0.25) is 0 Å². The summed E-state index contributed by atoms with van der Waals surface area (Å²) in [7, 11) is 1.75. The molecule has 0 unspecified atom stereocenters. The first-order chi connectivity index (χ1) is 8.65. The lowest BCUT2D eigenvalue weighted by Crippen LogP contribution is -2.08. The van der Waals surface area contributed by atoms with Gasteiger partial charge in [-0.15, -0.1) is 12.3 Å². The van der Waals surface area contributed by atoms with Gasteiger partial charge in [0, 0.05) is 26.2 Å². The fourth-order valence-electron chi connectivity index (χ4n) is 1.71. The predicted molar refractivity (Wildman–Crippen MR) is 67.4 cm³/mol. The van der Waals surface area contributed by atoms with Crippen molar-refractivity contribution in [1.29, 1.82) is 0 Å². The van der Waals surface area contributed by atoms with Crippen LogP contribution in [0.3, 0.4) is 0 Å². The maximum Gasteiger partial charge on any atom is 0.339 e. The highest BCUT2D eigenvalue weighted by atomic mass is 16.4. The SMILES string of the molecule is C#CCCNc1c(C(=O)O)cnc2c1cnn2C. The molecule has 0 aliphatic carbocycles. The Balaban J connectivity index is 2.53. The van der Waals surface area contributed by atoms with E-state index in [1.54, 1.807) is 17.9 Å². The van der Waals surface area contributed by atoms with Crippen molar-refractivity contribution >= 4 is 22.7 Å². The molecule has 0 spiro atoms. The first-order valence-electron chi connectivity index (χ1n) is 5.36.